The molecule has 190 valence electrons. The quantitative estimate of drug-likeness (QED) is 0.255. The third-order valence-corrected chi connectivity index (χ3v) is 6.85. The summed E-state index contributed by atoms with van der Waals surface area (Å²) >= 11 is 5.29. The molecular formula is C26H35N3O5S. The van der Waals surface area contributed by atoms with Crippen molar-refractivity contribution in [1.29, 1.82) is 0 Å². The van der Waals surface area contributed by atoms with Gasteiger partial charge in [-0.2, -0.15) is 0 Å². The number of thiocarbonyl (C=S) groups is 1. The maximum Gasteiger partial charge on any atom is 0.313 e. The molecule has 2 fully saturated rings. The molecule has 2 aliphatic rings. The summed E-state index contributed by atoms with van der Waals surface area (Å²) in [5.41, 5.74) is 4.83. The fourth-order valence-corrected chi connectivity index (χ4v) is 5.38. The Morgan fingerprint density at radius 2 is 1.66 bits per heavy atom. The summed E-state index contributed by atoms with van der Waals surface area (Å²) in [5, 5.41) is 15.1. The molecule has 1 spiro atoms. The Morgan fingerprint density at radius 1 is 1.11 bits per heavy atom. The van der Waals surface area contributed by atoms with E-state index in [1.807, 2.05) is 24.3 Å². The van der Waals surface area contributed by atoms with Crippen molar-refractivity contribution in [2.24, 2.45) is 11.8 Å². The van der Waals surface area contributed by atoms with Crippen molar-refractivity contribution in [3.05, 3.63) is 60.7 Å². The van der Waals surface area contributed by atoms with Crippen LogP contribution < -0.4 is 16.2 Å². The third kappa shape index (κ3) is 5.42. The molecule has 1 heterocycles. The first-order valence-electron chi connectivity index (χ1n) is 11.6. The zero-order valence-electron chi connectivity index (χ0n) is 20.7. The molecule has 5 atom stereocenters. The summed E-state index contributed by atoms with van der Waals surface area (Å²) in [7, 11) is 0. The normalized spacial score (nSPS) is 30.2. The molecule has 0 bridgehead atoms. The number of aliphatic hydroxyl groups is 1. The Labute approximate surface area is 212 Å². The number of nitrogens with one attached hydrogen (secondary N) is 3. The molecule has 0 aromatic heterocycles. The molecular weight excluding hydrogens is 466 g/mol. The lowest BCUT2D eigenvalue weighted by atomic mass is 9.58. The zero-order chi connectivity index (χ0) is 26.0. The molecule has 1 aromatic rings. The molecule has 3 rings (SSSR count). The molecule has 0 amide bonds. The number of rotatable bonds is 7. The first kappa shape index (κ1) is 26.8. The Balaban J connectivity index is 2.20. The minimum Gasteiger partial charge on any atom is -0.461 e. The number of benzene rings is 1. The van der Waals surface area contributed by atoms with E-state index in [0.29, 0.717) is 5.56 Å². The van der Waals surface area contributed by atoms with Crippen LogP contribution in [0.1, 0.15) is 51.2 Å². The maximum atomic E-state index is 13.6. The van der Waals surface area contributed by atoms with Crippen molar-refractivity contribution in [1.82, 2.24) is 16.2 Å². The van der Waals surface area contributed by atoms with Crippen LogP contribution in [0.25, 0.3) is 0 Å². The minimum atomic E-state index is -1.57. The van der Waals surface area contributed by atoms with Crippen LogP contribution in [0.2, 0.25) is 0 Å². The van der Waals surface area contributed by atoms with Gasteiger partial charge in [-0.3, -0.25) is 15.0 Å². The fourth-order valence-electron chi connectivity index (χ4n) is 5.15. The Bertz CT molecular complexity index is 1000. The number of hydrogen-bond acceptors (Lipinski definition) is 7. The highest BCUT2D eigenvalue weighted by atomic mass is 32.1. The summed E-state index contributed by atoms with van der Waals surface area (Å²) in [6.07, 6.45) is 2.92. The molecule has 1 saturated carbocycles. The van der Waals surface area contributed by atoms with E-state index in [9.17, 15) is 14.7 Å². The van der Waals surface area contributed by atoms with Gasteiger partial charge in [0.05, 0.1) is 11.5 Å². The average molecular weight is 502 g/mol. The molecule has 1 aliphatic carbocycles. The largest absolute Gasteiger partial charge is 0.461 e. The number of ether oxygens (including phenoxy) is 2. The molecule has 35 heavy (non-hydrogen) atoms. The maximum absolute atomic E-state index is 13.6. The van der Waals surface area contributed by atoms with Crippen LogP contribution in [-0.4, -0.2) is 46.6 Å². The Hall–Kier alpha value is -2.75. The van der Waals surface area contributed by atoms with Gasteiger partial charge in [0.15, 0.2) is 5.11 Å². The Morgan fingerprint density at radius 3 is 2.11 bits per heavy atom. The van der Waals surface area contributed by atoms with Gasteiger partial charge in [-0.05, 0) is 35.7 Å². The smallest absolute Gasteiger partial charge is 0.313 e. The molecule has 9 heteroatoms. The van der Waals surface area contributed by atoms with Crippen LogP contribution in [0.15, 0.2) is 49.6 Å². The molecule has 0 unspecified atom stereocenters. The molecule has 0 radical (unpaired) electrons. The van der Waals surface area contributed by atoms with Crippen molar-refractivity contribution >= 4 is 29.3 Å². The van der Waals surface area contributed by atoms with E-state index in [0.717, 1.165) is 5.56 Å². The standard InChI is InChI=1S/C26H35N3O5S/c1-7-13-33-21(30)19-18(16-9-11-17(12-10-16)24(3,4)5)20(22(31)34-14-8-2)26(15-25(19,6)32)27-23(35)28-29-26/h7-12,18-20,29,32H,1-2,13-15H2,3-6H3,(H2,27,28,35)/t18-,19-,20+,25+,26+/m1/s1. The minimum absolute atomic E-state index is 0.000933. The molecule has 8 nitrogen and oxygen atoms in total. The predicted molar refractivity (Wildman–Crippen MR) is 137 cm³/mol. The second kappa shape index (κ2) is 10.1. The highest BCUT2D eigenvalue weighted by Crippen LogP contribution is 2.52. The average Bonchev–Trinajstić information content (AvgIpc) is 3.14. The van der Waals surface area contributed by atoms with Gasteiger partial charge in [-0.25, -0.2) is 5.43 Å². The van der Waals surface area contributed by atoms with Crippen LogP contribution in [0.4, 0.5) is 0 Å². The monoisotopic (exact) mass is 501 g/mol. The van der Waals surface area contributed by atoms with Crippen LogP contribution in [0.5, 0.6) is 0 Å². The zero-order valence-corrected chi connectivity index (χ0v) is 21.5. The van der Waals surface area contributed by atoms with Gasteiger partial charge in [0.1, 0.15) is 24.8 Å². The SMILES string of the molecule is C=CCOC(=O)[C@@H]1[C@H](c2ccc(C(C)(C)C)cc2)[C@H](C(=O)OCC=C)[C@@](C)(O)C[C@]12NNC(=S)N2. The summed E-state index contributed by atoms with van der Waals surface area (Å²) < 4.78 is 10.9. The summed E-state index contributed by atoms with van der Waals surface area (Å²) in [6.45, 7) is 15.1. The Kier molecular flexibility index (Phi) is 7.74. The van der Waals surface area contributed by atoms with E-state index in [4.69, 9.17) is 21.7 Å². The first-order chi connectivity index (χ1) is 16.4. The van der Waals surface area contributed by atoms with Gasteiger partial charge in [-0.1, -0.05) is 70.3 Å². The van der Waals surface area contributed by atoms with Crippen molar-refractivity contribution in [3.63, 3.8) is 0 Å². The number of esters is 2. The van der Waals surface area contributed by atoms with Gasteiger partial charge in [0.2, 0.25) is 0 Å². The van der Waals surface area contributed by atoms with E-state index < -0.39 is 41.0 Å². The second-order valence-electron chi connectivity index (χ2n) is 10.4. The van der Waals surface area contributed by atoms with E-state index >= 15 is 0 Å². The summed E-state index contributed by atoms with van der Waals surface area (Å²) in [6, 6.07) is 7.73. The van der Waals surface area contributed by atoms with Crippen molar-refractivity contribution in [2.45, 2.75) is 56.7 Å². The lowest BCUT2D eigenvalue weighted by Crippen LogP contribution is -2.70. The summed E-state index contributed by atoms with van der Waals surface area (Å²) in [5.74, 6) is -3.99. The van der Waals surface area contributed by atoms with E-state index in [1.54, 1.807) is 6.92 Å². The van der Waals surface area contributed by atoms with Crippen molar-refractivity contribution in [2.75, 3.05) is 13.2 Å². The van der Waals surface area contributed by atoms with Crippen LogP contribution in [0.3, 0.4) is 0 Å². The first-order valence-corrected chi connectivity index (χ1v) is 12.0. The highest BCUT2D eigenvalue weighted by Gasteiger charge is 2.65. The lowest BCUT2D eigenvalue weighted by Gasteiger charge is -2.52. The number of hydrazine groups is 1. The van der Waals surface area contributed by atoms with E-state index in [1.165, 1.54) is 12.2 Å². The molecule has 1 aliphatic heterocycles. The van der Waals surface area contributed by atoms with Gasteiger partial charge >= 0.3 is 11.9 Å². The van der Waals surface area contributed by atoms with Crippen molar-refractivity contribution < 1.29 is 24.2 Å². The van der Waals surface area contributed by atoms with Crippen LogP contribution >= 0.6 is 12.2 Å². The van der Waals surface area contributed by atoms with Crippen LogP contribution in [0, 0.1) is 11.8 Å². The molecule has 1 saturated heterocycles. The predicted octanol–water partition coefficient (Wildman–Crippen LogP) is 2.59. The van der Waals surface area contributed by atoms with E-state index in [2.05, 4.69) is 50.1 Å². The molecule has 4 N–H and O–H groups in total. The molecule has 1 aromatic carbocycles. The van der Waals surface area contributed by atoms with Crippen LogP contribution in [-0.2, 0) is 24.5 Å². The number of carbonyl (C=O) groups is 2. The number of hydrogen-bond donors (Lipinski definition) is 4. The second-order valence-corrected chi connectivity index (χ2v) is 10.8. The fraction of sp³-hybridized carbons (Fsp3) is 0.500. The van der Waals surface area contributed by atoms with Gasteiger partial charge < -0.3 is 19.9 Å². The highest BCUT2D eigenvalue weighted by molar-refractivity contribution is 7.80. The van der Waals surface area contributed by atoms with Gasteiger partial charge in [0.25, 0.3) is 0 Å². The van der Waals surface area contributed by atoms with Gasteiger partial charge in [0, 0.05) is 12.3 Å². The lowest BCUT2D eigenvalue weighted by molar-refractivity contribution is -0.179. The topological polar surface area (TPSA) is 109 Å². The van der Waals surface area contributed by atoms with E-state index in [-0.39, 0.29) is 30.2 Å². The third-order valence-electron chi connectivity index (χ3n) is 6.65. The summed E-state index contributed by atoms with van der Waals surface area (Å²) in [4.78, 5) is 26.9. The van der Waals surface area contributed by atoms with Crippen molar-refractivity contribution in [3.8, 4) is 0 Å². The van der Waals surface area contributed by atoms with Gasteiger partial charge in [-0.15, -0.1) is 0 Å². The number of carbonyl (C=O) groups excluding carboxylic acids is 2.